The molecule has 2 amide bonds. The number of amides is 2. The van der Waals surface area contributed by atoms with Crippen molar-refractivity contribution < 1.29 is 19.1 Å². The van der Waals surface area contributed by atoms with Gasteiger partial charge in [-0.25, -0.2) is 4.98 Å². The van der Waals surface area contributed by atoms with Crippen molar-refractivity contribution in [2.24, 2.45) is 11.8 Å². The molecule has 3 atom stereocenters. The number of thiazole rings is 1. The predicted octanol–water partition coefficient (Wildman–Crippen LogP) is 3.05. The second-order valence-electron chi connectivity index (χ2n) is 9.48. The van der Waals surface area contributed by atoms with Gasteiger partial charge in [0.25, 0.3) is 0 Å². The molecule has 0 aliphatic carbocycles. The summed E-state index contributed by atoms with van der Waals surface area (Å²) in [5.74, 6) is 0.182. The van der Waals surface area contributed by atoms with Crippen LogP contribution in [0.15, 0.2) is 29.8 Å². The van der Waals surface area contributed by atoms with Crippen LogP contribution in [0.4, 0.5) is 0 Å². The van der Waals surface area contributed by atoms with Crippen LogP contribution in [-0.4, -0.2) is 70.0 Å². The van der Waals surface area contributed by atoms with E-state index < -0.39 is 0 Å². The second-order valence-corrected chi connectivity index (χ2v) is 10.5. The summed E-state index contributed by atoms with van der Waals surface area (Å²) in [6.45, 7) is 8.38. The van der Waals surface area contributed by atoms with E-state index in [-0.39, 0.29) is 36.5 Å². The summed E-state index contributed by atoms with van der Waals surface area (Å²) in [6.07, 6.45) is 2.89. The number of rotatable bonds is 7. The zero-order valence-corrected chi connectivity index (χ0v) is 21.0. The van der Waals surface area contributed by atoms with E-state index in [9.17, 15) is 9.59 Å². The maximum atomic E-state index is 13.5. The van der Waals surface area contributed by atoms with Gasteiger partial charge in [-0.15, -0.1) is 11.3 Å². The van der Waals surface area contributed by atoms with Gasteiger partial charge in [0.15, 0.2) is 0 Å². The third-order valence-electron chi connectivity index (χ3n) is 6.46. The molecule has 0 aromatic carbocycles. The Hall–Kier alpha value is -2.36. The normalized spacial score (nSPS) is 23.9. The Bertz CT molecular complexity index is 967. The first kappa shape index (κ1) is 24.8. The van der Waals surface area contributed by atoms with Gasteiger partial charge in [0, 0.05) is 37.2 Å². The van der Waals surface area contributed by atoms with Gasteiger partial charge in [0.05, 0.1) is 48.3 Å². The van der Waals surface area contributed by atoms with Gasteiger partial charge in [0.2, 0.25) is 11.8 Å². The average Bonchev–Trinajstić information content (AvgIpc) is 3.18. The van der Waals surface area contributed by atoms with Crippen LogP contribution >= 0.6 is 11.3 Å². The van der Waals surface area contributed by atoms with E-state index in [1.165, 1.54) is 0 Å². The molecule has 4 rings (SSSR count). The first-order valence-electron chi connectivity index (χ1n) is 12.0. The minimum Gasteiger partial charge on any atom is -0.378 e. The Labute approximate surface area is 205 Å². The van der Waals surface area contributed by atoms with Crippen molar-refractivity contribution in [1.29, 1.82) is 0 Å². The number of carbonyl (C=O) groups is 2. The van der Waals surface area contributed by atoms with Crippen molar-refractivity contribution in [3.05, 3.63) is 46.2 Å². The van der Waals surface area contributed by atoms with Gasteiger partial charge in [0.1, 0.15) is 0 Å². The lowest BCUT2D eigenvalue weighted by Gasteiger charge is -2.34. The smallest absolute Gasteiger partial charge is 0.242 e. The fourth-order valence-electron chi connectivity index (χ4n) is 4.54. The number of hydrogen-bond donors (Lipinski definition) is 0. The van der Waals surface area contributed by atoms with Gasteiger partial charge < -0.3 is 19.3 Å². The van der Waals surface area contributed by atoms with Crippen LogP contribution in [-0.2, 0) is 32.2 Å². The minimum atomic E-state index is -0.308. The van der Waals surface area contributed by atoms with Crippen molar-refractivity contribution in [2.45, 2.75) is 59.0 Å². The molecule has 0 spiro atoms. The number of aryl methyl sites for hydroxylation is 1. The standard InChI is InChI=1S/C25H34N4O4S/c1-17(2)23-10-19(7-9-32-23)25(31)29-13-22(33-15-20-6-4-5-8-26-20)12-28(24(30)14-29)11-21-16-34-18(3)27-21/h4-6,8,16-17,19,22-23H,7,9-15H2,1-3H3/t19-,22-,23-/m0/s1. The van der Waals surface area contributed by atoms with E-state index in [1.807, 2.05) is 30.5 Å². The molecule has 8 nitrogen and oxygen atoms in total. The molecule has 2 aromatic heterocycles. The lowest BCUT2D eigenvalue weighted by atomic mass is 9.89. The molecule has 0 saturated carbocycles. The number of hydrogen-bond acceptors (Lipinski definition) is 7. The van der Waals surface area contributed by atoms with Gasteiger partial charge >= 0.3 is 0 Å². The molecule has 9 heteroatoms. The van der Waals surface area contributed by atoms with Crippen molar-refractivity contribution in [3.8, 4) is 0 Å². The van der Waals surface area contributed by atoms with Crippen LogP contribution in [0.2, 0.25) is 0 Å². The number of pyridine rings is 1. The van der Waals surface area contributed by atoms with Crippen LogP contribution < -0.4 is 0 Å². The van der Waals surface area contributed by atoms with E-state index in [0.717, 1.165) is 16.4 Å². The lowest BCUT2D eigenvalue weighted by molar-refractivity contribution is -0.146. The van der Waals surface area contributed by atoms with Gasteiger partial charge in [-0.1, -0.05) is 19.9 Å². The molecule has 0 radical (unpaired) electrons. The highest BCUT2D eigenvalue weighted by Gasteiger charge is 2.36. The van der Waals surface area contributed by atoms with E-state index in [1.54, 1.807) is 27.3 Å². The molecular weight excluding hydrogens is 452 g/mol. The maximum absolute atomic E-state index is 13.5. The van der Waals surface area contributed by atoms with E-state index in [4.69, 9.17) is 9.47 Å². The number of nitrogens with zero attached hydrogens (tertiary/aromatic N) is 4. The summed E-state index contributed by atoms with van der Waals surface area (Å²) in [5, 5.41) is 2.95. The van der Waals surface area contributed by atoms with Crippen molar-refractivity contribution in [2.75, 3.05) is 26.2 Å². The average molecular weight is 487 g/mol. The summed E-state index contributed by atoms with van der Waals surface area (Å²) >= 11 is 1.57. The molecule has 184 valence electrons. The first-order chi connectivity index (χ1) is 16.4. The Morgan fingerprint density at radius 2 is 2.15 bits per heavy atom. The Balaban J connectivity index is 1.48. The van der Waals surface area contributed by atoms with Crippen LogP contribution in [0.3, 0.4) is 0 Å². The molecule has 0 bridgehead atoms. The molecule has 2 aromatic rings. The third-order valence-corrected chi connectivity index (χ3v) is 7.28. The Morgan fingerprint density at radius 3 is 2.85 bits per heavy atom. The molecule has 0 unspecified atom stereocenters. The highest BCUT2D eigenvalue weighted by molar-refractivity contribution is 7.09. The summed E-state index contributed by atoms with van der Waals surface area (Å²) in [4.78, 5) is 39.1. The zero-order chi connectivity index (χ0) is 24.1. The third kappa shape index (κ3) is 6.40. The van der Waals surface area contributed by atoms with Crippen molar-refractivity contribution >= 4 is 23.2 Å². The van der Waals surface area contributed by atoms with Gasteiger partial charge in [-0.05, 0) is 37.8 Å². The van der Waals surface area contributed by atoms with Gasteiger partial charge in [-0.2, -0.15) is 0 Å². The largest absolute Gasteiger partial charge is 0.378 e. The fraction of sp³-hybridized carbons (Fsp3) is 0.600. The summed E-state index contributed by atoms with van der Waals surface area (Å²) in [7, 11) is 0. The fourth-order valence-corrected chi connectivity index (χ4v) is 5.15. The van der Waals surface area contributed by atoms with E-state index >= 15 is 0 Å². The lowest BCUT2D eigenvalue weighted by Crippen LogP contribution is -2.45. The molecule has 4 heterocycles. The molecule has 2 aliphatic rings. The molecule has 0 N–H and O–H groups in total. The molecular formula is C25H34N4O4S. The van der Waals surface area contributed by atoms with Crippen LogP contribution in [0.5, 0.6) is 0 Å². The molecule has 2 aliphatic heterocycles. The van der Waals surface area contributed by atoms with Crippen molar-refractivity contribution in [3.63, 3.8) is 0 Å². The van der Waals surface area contributed by atoms with Crippen LogP contribution in [0.1, 0.15) is 43.1 Å². The van der Waals surface area contributed by atoms with Crippen LogP contribution in [0.25, 0.3) is 0 Å². The molecule has 34 heavy (non-hydrogen) atoms. The number of aromatic nitrogens is 2. The Kier molecular flexibility index (Phi) is 8.28. The minimum absolute atomic E-state index is 0.0279. The quantitative estimate of drug-likeness (QED) is 0.598. The monoisotopic (exact) mass is 486 g/mol. The van der Waals surface area contributed by atoms with E-state index in [0.29, 0.717) is 51.6 Å². The van der Waals surface area contributed by atoms with Crippen LogP contribution in [0, 0.1) is 18.8 Å². The summed E-state index contributed by atoms with van der Waals surface area (Å²) in [5.41, 5.74) is 1.69. The molecule has 2 saturated heterocycles. The summed E-state index contributed by atoms with van der Waals surface area (Å²) in [6, 6.07) is 5.70. The first-order valence-corrected chi connectivity index (χ1v) is 12.9. The predicted molar refractivity (Wildman–Crippen MR) is 129 cm³/mol. The number of ether oxygens (including phenoxy) is 2. The molecule has 2 fully saturated rings. The topological polar surface area (TPSA) is 84.9 Å². The maximum Gasteiger partial charge on any atom is 0.242 e. The van der Waals surface area contributed by atoms with Crippen molar-refractivity contribution in [1.82, 2.24) is 19.8 Å². The summed E-state index contributed by atoms with van der Waals surface area (Å²) < 4.78 is 12.1. The van der Waals surface area contributed by atoms with E-state index in [2.05, 4.69) is 23.8 Å². The zero-order valence-electron chi connectivity index (χ0n) is 20.2. The highest BCUT2D eigenvalue weighted by Crippen LogP contribution is 2.27. The SMILES string of the molecule is Cc1nc(CN2C[C@H](OCc3ccccn3)CN(C(=O)[C@H]3CCO[C@H](C(C)C)C3)CC2=O)cs1. The second kappa shape index (κ2) is 11.4. The highest BCUT2D eigenvalue weighted by atomic mass is 32.1. The van der Waals surface area contributed by atoms with Gasteiger partial charge in [-0.3, -0.25) is 14.6 Å². The Morgan fingerprint density at radius 1 is 1.29 bits per heavy atom. The number of carbonyl (C=O) groups excluding carboxylic acids is 2.